The number of anilines is 2. The summed E-state index contributed by atoms with van der Waals surface area (Å²) < 4.78 is 32.1. The molecule has 0 unspecified atom stereocenters. The molecule has 2 N–H and O–H groups in total. The van der Waals surface area contributed by atoms with Crippen LogP contribution in [0.2, 0.25) is 0 Å². The van der Waals surface area contributed by atoms with Gasteiger partial charge in [0, 0.05) is 31.4 Å². The van der Waals surface area contributed by atoms with Crippen molar-refractivity contribution >= 4 is 21.4 Å². The Bertz CT molecular complexity index is 672. The Balaban J connectivity index is 1.58. The van der Waals surface area contributed by atoms with E-state index >= 15 is 0 Å². The molecule has 114 valence electrons. The molecule has 2 fully saturated rings. The minimum absolute atomic E-state index is 0.0865. The fourth-order valence-corrected chi connectivity index (χ4v) is 5.03. The number of hydrogen-bond donors (Lipinski definition) is 1. The van der Waals surface area contributed by atoms with Gasteiger partial charge in [-0.25, -0.2) is 8.42 Å². The van der Waals surface area contributed by atoms with Crippen LogP contribution in [0.1, 0.15) is 12.8 Å². The number of hydrogen-bond acceptors (Lipinski definition) is 5. The zero-order valence-corrected chi connectivity index (χ0v) is 12.6. The zero-order chi connectivity index (χ0) is 14.6. The Hall–Kier alpha value is -1.47. The monoisotopic (exact) mass is 309 g/mol. The summed E-state index contributed by atoms with van der Waals surface area (Å²) in [4.78, 5) is 2.25. The van der Waals surface area contributed by atoms with Crippen molar-refractivity contribution < 1.29 is 13.2 Å². The molecule has 0 radical (unpaired) electrons. The van der Waals surface area contributed by atoms with Crippen molar-refractivity contribution in [1.82, 2.24) is 4.31 Å². The van der Waals surface area contributed by atoms with Gasteiger partial charge in [0.25, 0.3) is 0 Å². The van der Waals surface area contributed by atoms with Crippen molar-refractivity contribution in [1.29, 1.82) is 0 Å². The molecule has 3 aliphatic rings. The summed E-state index contributed by atoms with van der Waals surface area (Å²) in [5, 5.41) is -0.138. The highest BCUT2D eigenvalue weighted by Crippen LogP contribution is 2.38. The molecule has 1 saturated carbocycles. The Morgan fingerprint density at radius 1 is 1.24 bits per heavy atom. The maximum Gasteiger partial charge on any atom is 0.217 e. The fraction of sp³-hybridized carbons (Fsp3) is 0.571. The van der Waals surface area contributed by atoms with Gasteiger partial charge in [-0.1, -0.05) is 0 Å². The third kappa shape index (κ3) is 2.15. The zero-order valence-electron chi connectivity index (χ0n) is 11.7. The van der Waals surface area contributed by atoms with Crippen LogP contribution in [0, 0.1) is 0 Å². The molecule has 6 nitrogen and oxygen atoms in total. The minimum atomic E-state index is -3.09. The Labute approximate surface area is 124 Å². The second-order valence-electron chi connectivity index (χ2n) is 5.99. The minimum Gasteiger partial charge on any atom is -0.489 e. The van der Waals surface area contributed by atoms with Crippen LogP contribution >= 0.6 is 0 Å². The molecule has 1 atom stereocenters. The summed E-state index contributed by atoms with van der Waals surface area (Å²) in [6, 6.07) is 5.74. The smallest absolute Gasteiger partial charge is 0.217 e. The maximum atomic E-state index is 12.4. The van der Waals surface area contributed by atoms with E-state index in [2.05, 4.69) is 4.90 Å². The van der Waals surface area contributed by atoms with Crippen LogP contribution < -0.4 is 15.4 Å². The van der Waals surface area contributed by atoms with Crippen LogP contribution in [-0.4, -0.2) is 50.3 Å². The first-order valence-electron chi connectivity index (χ1n) is 7.33. The molecule has 21 heavy (non-hydrogen) atoms. The van der Waals surface area contributed by atoms with E-state index in [1.165, 1.54) is 0 Å². The topological polar surface area (TPSA) is 75.9 Å². The van der Waals surface area contributed by atoms with Gasteiger partial charge in [-0.05, 0) is 25.0 Å². The quantitative estimate of drug-likeness (QED) is 0.812. The van der Waals surface area contributed by atoms with E-state index in [1.807, 2.05) is 18.2 Å². The van der Waals surface area contributed by atoms with Gasteiger partial charge < -0.3 is 15.4 Å². The second-order valence-corrected chi connectivity index (χ2v) is 8.20. The molecule has 1 aliphatic carbocycles. The molecule has 0 aromatic heterocycles. The van der Waals surface area contributed by atoms with Crippen LogP contribution in [0.4, 0.5) is 11.4 Å². The SMILES string of the molecule is Nc1ccc2c(c1)OC[C@H]1CN(S(=O)(=O)C3CC3)CCN21. The first-order chi connectivity index (χ1) is 10.1. The first-order valence-corrected chi connectivity index (χ1v) is 8.84. The van der Waals surface area contributed by atoms with Crippen LogP contribution in [0.15, 0.2) is 18.2 Å². The standard InChI is InChI=1S/C14H19N3O3S/c15-10-1-4-13-14(7-10)20-9-11-8-16(5-6-17(11)13)21(18,19)12-2-3-12/h1,4,7,11-12H,2-3,5-6,8-9,15H2/t11-/m1/s1. The van der Waals surface area contributed by atoms with Crippen molar-refractivity contribution in [2.24, 2.45) is 0 Å². The lowest BCUT2D eigenvalue weighted by Crippen LogP contribution is -2.58. The summed E-state index contributed by atoms with van der Waals surface area (Å²) in [5.74, 6) is 0.796. The highest BCUT2D eigenvalue weighted by molar-refractivity contribution is 7.90. The third-order valence-corrected chi connectivity index (χ3v) is 6.84. The number of benzene rings is 1. The van der Waals surface area contributed by atoms with Crippen molar-refractivity contribution in [3.8, 4) is 5.75 Å². The molecule has 2 heterocycles. The molecule has 0 bridgehead atoms. The van der Waals surface area contributed by atoms with Crippen molar-refractivity contribution in [2.75, 3.05) is 36.9 Å². The highest BCUT2D eigenvalue weighted by atomic mass is 32.2. The van der Waals surface area contributed by atoms with E-state index in [-0.39, 0.29) is 11.3 Å². The van der Waals surface area contributed by atoms with Gasteiger partial charge in [0.15, 0.2) is 0 Å². The molecule has 1 aromatic carbocycles. The second kappa shape index (κ2) is 4.51. The van der Waals surface area contributed by atoms with Crippen LogP contribution in [-0.2, 0) is 10.0 Å². The summed E-state index contributed by atoms with van der Waals surface area (Å²) in [5.41, 5.74) is 7.48. The summed E-state index contributed by atoms with van der Waals surface area (Å²) in [6.45, 7) is 2.28. The van der Waals surface area contributed by atoms with Crippen LogP contribution in [0.25, 0.3) is 0 Å². The Morgan fingerprint density at radius 3 is 2.81 bits per heavy atom. The number of piperazine rings is 1. The van der Waals surface area contributed by atoms with E-state index in [0.717, 1.165) is 24.3 Å². The predicted octanol–water partition coefficient (Wildman–Crippen LogP) is 0.644. The number of sulfonamides is 1. The molecule has 0 spiro atoms. The van der Waals surface area contributed by atoms with Gasteiger partial charge in [-0.2, -0.15) is 4.31 Å². The van der Waals surface area contributed by atoms with Crippen molar-refractivity contribution in [2.45, 2.75) is 24.1 Å². The number of nitrogen functional groups attached to an aromatic ring is 1. The van der Waals surface area contributed by atoms with Gasteiger partial charge in [0.05, 0.1) is 17.0 Å². The molecule has 0 amide bonds. The number of nitrogens with zero attached hydrogens (tertiary/aromatic N) is 2. The molecular weight excluding hydrogens is 290 g/mol. The molecule has 7 heteroatoms. The normalized spacial score (nSPS) is 25.9. The lowest BCUT2D eigenvalue weighted by molar-refractivity contribution is 0.216. The van der Waals surface area contributed by atoms with E-state index < -0.39 is 10.0 Å². The van der Waals surface area contributed by atoms with Gasteiger partial charge >= 0.3 is 0 Å². The fourth-order valence-electron chi connectivity index (χ4n) is 3.16. The average molecular weight is 309 g/mol. The highest BCUT2D eigenvalue weighted by Gasteiger charge is 2.44. The van der Waals surface area contributed by atoms with Gasteiger partial charge in [0.1, 0.15) is 12.4 Å². The van der Waals surface area contributed by atoms with E-state index in [9.17, 15) is 8.42 Å². The molecular formula is C14H19N3O3S. The Kier molecular flexibility index (Phi) is 2.84. The summed E-state index contributed by atoms with van der Waals surface area (Å²) in [7, 11) is -3.09. The van der Waals surface area contributed by atoms with Crippen molar-refractivity contribution in [3.63, 3.8) is 0 Å². The molecule has 2 aliphatic heterocycles. The van der Waals surface area contributed by atoms with E-state index in [0.29, 0.717) is 31.9 Å². The molecule has 4 rings (SSSR count). The van der Waals surface area contributed by atoms with Gasteiger partial charge in [-0.3, -0.25) is 0 Å². The molecule has 1 aromatic rings. The maximum absolute atomic E-state index is 12.4. The molecule has 1 saturated heterocycles. The summed E-state index contributed by atoms with van der Waals surface area (Å²) in [6.07, 6.45) is 1.62. The largest absolute Gasteiger partial charge is 0.489 e. The first kappa shape index (κ1) is 13.2. The lowest BCUT2D eigenvalue weighted by Gasteiger charge is -2.45. The summed E-state index contributed by atoms with van der Waals surface area (Å²) >= 11 is 0. The average Bonchev–Trinajstić information content (AvgIpc) is 3.31. The van der Waals surface area contributed by atoms with Gasteiger partial charge in [0.2, 0.25) is 10.0 Å². The third-order valence-electron chi connectivity index (χ3n) is 4.48. The number of nitrogens with two attached hydrogens (primary N) is 1. The lowest BCUT2D eigenvalue weighted by atomic mass is 10.1. The number of ether oxygens (including phenoxy) is 1. The van der Waals surface area contributed by atoms with Crippen molar-refractivity contribution in [3.05, 3.63) is 18.2 Å². The van der Waals surface area contributed by atoms with E-state index in [4.69, 9.17) is 10.5 Å². The number of rotatable bonds is 2. The van der Waals surface area contributed by atoms with Crippen LogP contribution in [0.3, 0.4) is 0 Å². The number of fused-ring (bicyclic) bond motifs is 3. The predicted molar refractivity (Wildman–Crippen MR) is 81.0 cm³/mol. The van der Waals surface area contributed by atoms with Crippen LogP contribution in [0.5, 0.6) is 5.75 Å². The Morgan fingerprint density at radius 2 is 2.05 bits per heavy atom. The van der Waals surface area contributed by atoms with E-state index in [1.54, 1.807) is 4.31 Å². The van der Waals surface area contributed by atoms with Gasteiger partial charge in [-0.15, -0.1) is 0 Å².